The van der Waals surface area contributed by atoms with Gasteiger partial charge in [0, 0.05) is 6.04 Å². The molecule has 1 N–H and O–H groups in total. The van der Waals surface area contributed by atoms with Crippen LogP contribution in [-0.4, -0.2) is 34.5 Å². The van der Waals surface area contributed by atoms with E-state index < -0.39 is 5.97 Å². The zero-order valence-corrected chi connectivity index (χ0v) is 11.9. The molecule has 0 atom stereocenters. The van der Waals surface area contributed by atoms with Crippen LogP contribution in [0, 0.1) is 13.8 Å². The van der Waals surface area contributed by atoms with Gasteiger partial charge >= 0.3 is 5.97 Å². The molecule has 0 fully saturated rings. The number of hydrogen-bond acceptors (Lipinski definition) is 2. The Morgan fingerprint density at radius 2 is 1.74 bits per heavy atom. The number of hydrogen-bond donors (Lipinski definition) is 1. The topological polar surface area (TPSA) is 57.6 Å². The third-order valence-corrected chi connectivity index (χ3v) is 3.22. The van der Waals surface area contributed by atoms with Crippen LogP contribution >= 0.6 is 0 Å². The average molecular weight is 263 g/mol. The first kappa shape index (κ1) is 15.2. The molecule has 0 spiro atoms. The summed E-state index contributed by atoms with van der Waals surface area (Å²) in [6.45, 7) is 7.33. The van der Waals surface area contributed by atoms with Crippen LogP contribution in [0.4, 0.5) is 0 Å². The lowest BCUT2D eigenvalue weighted by molar-refractivity contribution is -0.145. The minimum atomic E-state index is -0.983. The van der Waals surface area contributed by atoms with E-state index in [1.165, 1.54) is 4.90 Å². The van der Waals surface area contributed by atoms with E-state index in [1.54, 1.807) is 0 Å². The van der Waals surface area contributed by atoms with Crippen molar-refractivity contribution in [2.75, 3.05) is 6.54 Å². The Labute approximate surface area is 114 Å². The van der Waals surface area contributed by atoms with E-state index in [9.17, 15) is 9.59 Å². The van der Waals surface area contributed by atoms with Gasteiger partial charge in [-0.05, 0) is 44.4 Å². The smallest absolute Gasteiger partial charge is 0.323 e. The molecule has 1 amide bonds. The minimum absolute atomic E-state index is 0.118. The van der Waals surface area contributed by atoms with Crippen LogP contribution in [0.3, 0.4) is 0 Å². The van der Waals surface area contributed by atoms with Gasteiger partial charge < -0.3 is 10.0 Å². The molecular formula is C15H21NO3. The van der Waals surface area contributed by atoms with Crippen molar-refractivity contribution in [1.82, 2.24) is 4.90 Å². The molecule has 4 heteroatoms. The molecule has 1 aromatic rings. The maximum Gasteiger partial charge on any atom is 0.323 e. The van der Waals surface area contributed by atoms with Crippen molar-refractivity contribution in [2.45, 2.75) is 40.2 Å². The second-order valence-electron chi connectivity index (χ2n) is 5.06. The monoisotopic (exact) mass is 263 g/mol. The second-order valence-corrected chi connectivity index (χ2v) is 5.06. The van der Waals surface area contributed by atoms with Gasteiger partial charge in [0.1, 0.15) is 6.54 Å². The predicted molar refractivity (Wildman–Crippen MR) is 74.1 cm³/mol. The Morgan fingerprint density at radius 1 is 1.21 bits per heavy atom. The van der Waals surface area contributed by atoms with Gasteiger partial charge in [-0.2, -0.15) is 0 Å². The first-order chi connectivity index (χ1) is 8.82. The molecule has 0 aliphatic heterocycles. The quantitative estimate of drug-likeness (QED) is 0.885. The summed E-state index contributed by atoms with van der Waals surface area (Å²) in [5.74, 6) is -1.13. The number of nitrogens with zero attached hydrogens (tertiary/aromatic N) is 1. The van der Waals surface area contributed by atoms with Gasteiger partial charge in [0.25, 0.3) is 0 Å². The van der Waals surface area contributed by atoms with Crippen molar-refractivity contribution in [1.29, 1.82) is 0 Å². The van der Waals surface area contributed by atoms with E-state index in [0.717, 1.165) is 16.7 Å². The van der Waals surface area contributed by atoms with Crippen LogP contribution in [0.25, 0.3) is 0 Å². The number of rotatable bonds is 5. The number of carbonyl (C=O) groups excluding carboxylic acids is 1. The zero-order chi connectivity index (χ0) is 14.6. The summed E-state index contributed by atoms with van der Waals surface area (Å²) in [4.78, 5) is 24.5. The Morgan fingerprint density at radius 3 is 2.16 bits per heavy atom. The maximum atomic E-state index is 12.3. The molecule has 0 heterocycles. The van der Waals surface area contributed by atoms with Crippen LogP contribution in [0.15, 0.2) is 18.2 Å². The highest BCUT2D eigenvalue weighted by molar-refractivity contribution is 5.83. The number of carboxylic acids is 1. The van der Waals surface area contributed by atoms with E-state index >= 15 is 0 Å². The highest BCUT2D eigenvalue weighted by Crippen LogP contribution is 2.15. The first-order valence-electron chi connectivity index (χ1n) is 6.39. The Kier molecular flexibility index (Phi) is 5.10. The summed E-state index contributed by atoms with van der Waals surface area (Å²) in [7, 11) is 0. The number of benzene rings is 1. The number of carbonyl (C=O) groups is 2. The number of aliphatic carboxylic acids is 1. The van der Waals surface area contributed by atoms with Crippen molar-refractivity contribution in [2.24, 2.45) is 0 Å². The van der Waals surface area contributed by atoms with Gasteiger partial charge in [-0.25, -0.2) is 0 Å². The summed E-state index contributed by atoms with van der Waals surface area (Å²) in [5, 5.41) is 8.86. The fourth-order valence-corrected chi connectivity index (χ4v) is 2.09. The zero-order valence-electron chi connectivity index (χ0n) is 11.9. The maximum absolute atomic E-state index is 12.3. The van der Waals surface area contributed by atoms with Crippen molar-refractivity contribution in [3.8, 4) is 0 Å². The molecule has 0 bridgehead atoms. The van der Waals surface area contributed by atoms with Crippen LogP contribution in [0.1, 0.15) is 30.5 Å². The van der Waals surface area contributed by atoms with Crippen molar-refractivity contribution >= 4 is 11.9 Å². The first-order valence-corrected chi connectivity index (χ1v) is 6.39. The molecule has 0 radical (unpaired) electrons. The molecule has 104 valence electrons. The Hall–Kier alpha value is -1.84. The number of amides is 1. The lowest BCUT2D eigenvalue weighted by Gasteiger charge is -2.25. The lowest BCUT2D eigenvalue weighted by atomic mass is 9.99. The van der Waals surface area contributed by atoms with Crippen LogP contribution in [-0.2, 0) is 16.0 Å². The third kappa shape index (κ3) is 4.09. The molecule has 0 saturated carbocycles. The van der Waals surface area contributed by atoms with E-state index in [0.29, 0.717) is 0 Å². The standard InChI is InChI=1S/C15H21NO3/c1-10(2)16(9-15(18)19)14(17)8-13-11(3)6-5-7-12(13)4/h5-7,10H,8-9H2,1-4H3,(H,18,19). The highest BCUT2D eigenvalue weighted by Gasteiger charge is 2.21. The molecule has 1 rings (SSSR count). The average Bonchev–Trinajstić information content (AvgIpc) is 2.30. The minimum Gasteiger partial charge on any atom is -0.480 e. The fourth-order valence-electron chi connectivity index (χ4n) is 2.09. The van der Waals surface area contributed by atoms with Crippen LogP contribution < -0.4 is 0 Å². The lowest BCUT2D eigenvalue weighted by Crippen LogP contribution is -2.41. The largest absolute Gasteiger partial charge is 0.480 e. The van der Waals surface area contributed by atoms with Gasteiger partial charge in [0.2, 0.25) is 5.91 Å². The van der Waals surface area contributed by atoms with E-state index in [1.807, 2.05) is 45.9 Å². The van der Waals surface area contributed by atoms with Crippen LogP contribution in [0.2, 0.25) is 0 Å². The van der Waals surface area contributed by atoms with Crippen molar-refractivity contribution < 1.29 is 14.7 Å². The van der Waals surface area contributed by atoms with Gasteiger partial charge in [0.05, 0.1) is 6.42 Å². The van der Waals surface area contributed by atoms with Crippen molar-refractivity contribution in [3.63, 3.8) is 0 Å². The summed E-state index contributed by atoms with van der Waals surface area (Å²) in [5.41, 5.74) is 3.11. The van der Waals surface area contributed by atoms with Gasteiger partial charge in [-0.15, -0.1) is 0 Å². The number of carboxylic acid groups (broad SMARTS) is 1. The Balaban J connectivity index is 2.90. The molecule has 19 heavy (non-hydrogen) atoms. The normalized spacial score (nSPS) is 10.6. The Bertz CT molecular complexity index is 460. The molecule has 0 aromatic heterocycles. The summed E-state index contributed by atoms with van der Waals surface area (Å²) < 4.78 is 0. The van der Waals surface area contributed by atoms with Crippen LogP contribution in [0.5, 0.6) is 0 Å². The molecule has 0 unspecified atom stereocenters. The van der Waals surface area contributed by atoms with E-state index in [-0.39, 0.29) is 24.9 Å². The van der Waals surface area contributed by atoms with Crippen molar-refractivity contribution in [3.05, 3.63) is 34.9 Å². The summed E-state index contributed by atoms with van der Waals surface area (Å²) >= 11 is 0. The van der Waals surface area contributed by atoms with Gasteiger partial charge in [-0.3, -0.25) is 9.59 Å². The van der Waals surface area contributed by atoms with Gasteiger partial charge in [-0.1, -0.05) is 18.2 Å². The summed E-state index contributed by atoms with van der Waals surface area (Å²) in [6.07, 6.45) is 0.254. The molecule has 4 nitrogen and oxygen atoms in total. The molecular weight excluding hydrogens is 242 g/mol. The SMILES string of the molecule is Cc1cccc(C)c1CC(=O)N(CC(=O)O)C(C)C. The third-order valence-electron chi connectivity index (χ3n) is 3.22. The van der Waals surface area contributed by atoms with Gasteiger partial charge in [0.15, 0.2) is 0 Å². The predicted octanol–water partition coefficient (Wildman–Crippen LogP) is 2.17. The van der Waals surface area contributed by atoms with E-state index in [4.69, 9.17) is 5.11 Å². The van der Waals surface area contributed by atoms with E-state index in [2.05, 4.69) is 0 Å². The molecule has 0 saturated heterocycles. The molecule has 1 aromatic carbocycles. The molecule has 0 aliphatic rings. The number of aryl methyl sites for hydroxylation is 2. The second kappa shape index (κ2) is 6.36. The fraction of sp³-hybridized carbons (Fsp3) is 0.467. The highest BCUT2D eigenvalue weighted by atomic mass is 16.4. The summed E-state index contributed by atoms with van der Waals surface area (Å²) in [6, 6.07) is 5.77. The molecule has 0 aliphatic carbocycles.